The highest BCUT2D eigenvalue weighted by atomic mass is 16.5. The Labute approximate surface area is 101 Å². The normalized spacial score (nSPS) is 17.1. The van der Waals surface area contributed by atoms with Crippen LogP contribution in [0.1, 0.15) is 19.8 Å². The first kappa shape index (κ1) is 13.9. The maximum atomic E-state index is 11.9. The van der Waals surface area contributed by atoms with Gasteiger partial charge in [0.2, 0.25) is 11.8 Å². The van der Waals surface area contributed by atoms with Crippen LogP contribution in [0.15, 0.2) is 0 Å². The Morgan fingerprint density at radius 2 is 2.06 bits per heavy atom. The van der Waals surface area contributed by atoms with Gasteiger partial charge in [-0.15, -0.1) is 0 Å². The lowest BCUT2D eigenvalue weighted by Crippen LogP contribution is -2.44. The van der Waals surface area contributed by atoms with Crippen molar-refractivity contribution >= 4 is 11.8 Å². The van der Waals surface area contributed by atoms with E-state index in [4.69, 9.17) is 10.5 Å². The van der Waals surface area contributed by atoms with Gasteiger partial charge in [0.25, 0.3) is 0 Å². The molecule has 98 valence electrons. The van der Waals surface area contributed by atoms with Crippen LogP contribution in [0, 0.1) is 0 Å². The zero-order valence-electron chi connectivity index (χ0n) is 10.3. The molecule has 3 N–H and O–H groups in total. The van der Waals surface area contributed by atoms with Gasteiger partial charge in [-0.2, -0.15) is 0 Å². The Morgan fingerprint density at radius 3 is 2.65 bits per heavy atom. The van der Waals surface area contributed by atoms with Crippen molar-refractivity contribution in [3.05, 3.63) is 0 Å². The van der Waals surface area contributed by atoms with E-state index < -0.39 is 5.91 Å². The van der Waals surface area contributed by atoms with Gasteiger partial charge in [-0.05, 0) is 19.8 Å². The molecule has 1 heterocycles. The summed E-state index contributed by atoms with van der Waals surface area (Å²) in [7, 11) is 0. The Kier molecular flexibility index (Phi) is 5.93. The number of amides is 2. The predicted octanol–water partition coefficient (Wildman–Crippen LogP) is -0.911. The number of primary amides is 1. The van der Waals surface area contributed by atoms with E-state index >= 15 is 0 Å². The molecule has 1 unspecified atom stereocenters. The van der Waals surface area contributed by atoms with E-state index in [1.807, 2.05) is 11.8 Å². The van der Waals surface area contributed by atoms with Gasteiger partial charge in [0, 0.05) is 19.6 Å². The maximum absolute atomic E-state index is 11.9. The van der Waals surface area contributed by atoms with Crippen LogP contribution in [0.5, 0.6) is 0 Å². The summed E-state index contributed by atoms with van der Waals surface area (Å²) in [4.78, 5) is 24.1. The van der Waals surface area contributed by atoms with Crippen molar-refractivity contribution in [3.63, 3.8) is 0 Å². The quantitative estimate of drug-likeness (QED) is 0.567. The largest absolute Gasteiger partial charge is 0.370 e. The van der Waals surface area contributed by atoms with Crippen molar-refractivity contribution in [2.75, 3.05) is 32.8 Å². The molecular formula is C11H21N3O3. The number of nitrogens with zero attached hydrogens (tertiary/aromatic N) is 1. The standard InChI is InChI=1S/C11H21N3O3/c1-9(11(16)14-5-2-3-6-14)13-4-7-17-8-10(12)15/h9,13H,2-8H2,1H3,(H2,12,15). The van der Waals surface area contributed by atoms with Crippen LogP contribution in [0.2, 0.25) is 0 Å². The second-order valence-corrected chi connectivity index (χ2v) is 4.23. The van der Waals surface area contributed by atoms with Crippen LogP contribution in [-0.4, -0.2) is 55.6 Å². The summed E-state index contributed by atoms with van der Waals surface area (Å²) in [5.41, 5.74) is 4.92. The zero-order valence-corrected chi connectivity index (χ0v) is 10.3. The van der Waals surface area contributed by atoms with E-state index in [2.05, 4.69) is 5.32 Å². The molecule has 1 fully saturated rings. The summed E-state index contributed by atoms with van der Waals surface area (Å²) in [6.07, 6.45) is 2.19. The minimum atomic E-state index is -0.480. The minimum Gasteiger partial charge on any atom is -0.370 e. The fraction of sp³-hybridized carbons (Fsp3) is 0.818. The number of carbonyl (C=O) groups is 2. The molecule has 2 amide bonds. The highest BCUT2D eigenvalue weighted by Crippen LogP contribution is 2.08. The summed E-state index contributed by atoms with van der Waals surface area (Å²) in [6.45, 7) is 4.41. The van der Waals surface area contributed by atoms with Gasteiger partial charge in [-0.25, -0.2) is 0 Å². The first-order valence-electron chi connectivity index (χ1n) is 5.99. The lowest BCUT2D eigenvalue weighted by molar-refractivity contribution is -0.132. The monoisotopic (exact) mass is 243 g/mol. The van der Waals surface area contributed by atoms with E-state index in [9.17, 15) is 9.59 Å². The lowest BCUT2D eigenvalue weighted by Gasteiger charge is -2.21. The molecule has 17 heavy (non-hydrogen) atoms. The third-order valence-electron chi connectivity index (χ3n) is 2.73. The summed E-state index contributed by atoms with van der Waals surface area (Å²) in [5.74, 6) is -0.344. The fourth-order valence-electron chi connectivity index (χ4n) is 1.82. The number of nitrogens with two attached hydrogens (primary N) is 1. The molecule has 6 nitrogen and oxygen atoms in total. The predicted molar refractivity (Wildman–Crippen MR) is 63.3 cm³/mol. The maximum Gasteiger partial charge on any atom is 0.243 e. The van der Waals surface area contributed by atoms with Crippen molar-refractivity contribution in [1.82, 2.24) is 10.2 Å². The van der Waals surface area contributed by atoms with Crippen molar-refractivity contribution in [3.8, 4) is 0 Å². The average molecular weight is 243 g/mol. The first-order valence-corrected chi connectivity index (χ1v) is 5.99. The number of hydrogen-bond donors (Lipinski definition) is 2. The molecule has 1 saturated heterocycles. The van der Waals surface area contributed by atoms with Crippen LogP contribution in [0.3, 0.4) is 0 Å². The molecule has 0 bridgehead atoms. The molecular weight excluding hydrogens is 222 g/mol. The molecule has 0 aromatic rings. The van der Waals surface area contributed by atoms with E-state index in [-0.39, 0.29) is 18.6 Å². The van der Waals surface area contributed by atoms with Crippen molar-refractivity contribution in [2.24, 2.45) is 5.73 Å². The third-order valence-corrected chi connectivity index (χ3v) is 2.73. The number of carbonyl (C=O) groups excluding carboxylic acids is 2. The van der Waals surface area contributed by atoms with E-state index in [0.717, 1.165) is 25.9 Å². The molecule has 0 aromatic heterocycles. The van der Waals surface area contributed by atoms with Gasteiger partial charge in [-0.3, -0.25) is 9.59 Å². The Hall–Kier alpha value is -1.14. The van der Waals surface area contributed by atoms with Crippen LogP contribution in [-0.2, 0) is 14.3 Å². The number of ether oxygens (including phenoxy) is 1. The Morgan fingerprint density at radius 1 is 1.41 bits per heavy atom. The van der Waals surface area contributed by atoms with Gasteiger partial charge in [0.05, 0.1) is 12.6 Å². The highest BCUT2D eigenvalue weighted by molar-refractivity contribution is 5.81. The van der Waals surface area contributed by atoms with E-state index in [1.165, 1.54) is 0 Å². The SMILES string of the molecule is CC(NCCOCC(N)=O)C(=O)N1CCCC1. The number of rotatable bonds is 7. The average Bonchev–Trinajstić information content (AvgIpc) is 2.80. The molecule has 1 aliphatic heterocycles. The van der Waals surface area contributed by atoms with Gasteiger partial charge in [0.1, 0.15) is 6.61 Å². The molecule has 1 atom stereocenters. The van der Waals surface area contributed by atoms with E-state index in [0.29, 0.717) is 13.2 Å². The second-order valence-electron chi connectivity index (χ2n) is 4.23. The van der Waals surface area contributed by atoms with Gasteiger partial charge >= 0.3 is 0 Å². The van der Waals surface area contributed by atoms with E-state index in [1.54, 1.807) is 0 Å². The summed E-state index contributed by atoms with van der Waals surface area (Å²) in [5, 5.41) is 3.06. The minimum absolute atomic E-state index is 0.0733. The molecule has 0 saturated carbocycles. The van der Waals surface area contributed by atoms with Crippen molar-refractivity contribution < 1.29 is 14.3 Å². The molecule has 0 aliphatic carbocycles. The molecule has 1 aliphatic rings. The van der Waals surface area contributed by atoms with Gasteiger partial charge < -0.3 is 20.7 Å². The Bertz CT molecular complexity index is 265. The second kappa shape index (κ2) is 7.24. The first-order chi connectivity index (χ1) is 8.11. The Balaban J connectivity index is 2.09. The molecule has 6 heteroatoms. The zero-order chi connectivity index (χ0) is 12.7. The highest BCUT2D eigenvalue weighted by Gasteiger charge is 2.22. The fourth-order valence-corrected chi connectivity index (χ4v) is 1.82. The molecule has 0 spiro atoms. The molecule has 0 radical (unpaired) electrons. The van der Waals surface area contributed by atoms with Crippen LogP contribution in [0.25, 0.3) is 0 Å². The van der Waals surface area contributed by atoms with Crippen molar-refractivity contribution in [2.45, 2.75) is 25.8 Å². The number of nitrogens with one attached hydrogen (secondary N) is 1. The lowest BCUT2D eigenvalue weighted by atomic mass is 10.3. The van der Waals surface area contributed by atoms with Crippen LogP contribution >= 0.6 is 0 Å². The summed E-state index contributed by atoms with van der Waals surface area (Å²) in [6, 6.07) is -0.203. The van der Waals surface area contributed by atoms with Crippen LogP contribution in [0.4, 0.5) is 0 Å². The molecule has 1 rings (SSSR count). The third kappa shape index (κ3) is 5.14. The van der Waals surface area contributed by atoms with Crippen molar-refractivity contribution in [1.29, 1.82) is 0 Å². The summed E-state index contributed by atoms with van der Waals surface area (Å²) < 4.78 is 4.99. The number of hydrogen-bond acceptors (Lipinski definition) is 4. The van der Waals surface area contributed by atoms with Gasteiger partial charge in [0.15, 0.2) is 0 Å². The summed E-state index contributed by atoms with van der Waals surface area (Å²) >= 11 is 0. The smallest absolute Gasteiger partial charge is 0.243 e. The number of likely N-dealkylation sites (tertiary alicyclic amines) is 1. The topological polar surface area (TPSA) is 84.7 Å². The molecule has 0 aromatic carbocycles. The van der Waals surface area contributed by atoms with Crippen LogP contribution < -0.4 is 11.1 Å². The van der Waals surface area contributed by atoms with Gasteiger partial charge in [-0.1, -0.05) is 0 Å².